The van der Waals surface area contributed by atoms with Crippen molar-refractivity contribution >= 4 is 0 Å². The topological polar surface area (TPSA) is 46.2 Å². The smallest absolute Gasteiger partial charge is 0.163 e. The molecular weight excluding hydrogens is 200 g/mol. The van der Waals surface area contributed by atoms with E-state index >= 15 is 0 Å². The third-order valence-corrected chi connectivity index (χ3v) is 2.50. The molecule has 1 aromatic rings. The van der Waals surface area contributed by atoms with Crippen molar-refractivity contribution in [1.29, 1.82) is 0 Å². The summed E-state index contributed by atoms with van der Waals surface area (Å²) in [5.74, 6) is -1.86. The fourth-order valence-electron chi connectivity index (χ4n) is 1.38. The number of benzene rings is 1. The number of aliphatic hydroxyl groups excluding tert-OH is 1. The summed E-state index contributed by atoms with van der Waals surface area (Å²) in [7, 11) is 0. The number of rotatable bonds is 3. The van der Waals surface area contributed by atoms with Gasteiger partial charge in [-0.1, -0.05) is 19.1 Å². The van der Waals surface area contributed by atoms with E-state index in [1.807, 2.05) is 0 Å². The van der Waals surface area contributed by atoms with Gasteiger partial charge in [-0.2, -0.15) is 0 Å². The molecule has 0 unspecified atom stereocenters. The van der Waals surface area contributed by atoms with Crippen LogP contribution < -0.4 is 5.73 Å². The van der Waals surface area contributed by atoms with E-state index in [1.54, 1.807) is 6.92 Å². The Morgan fingerprint density at radius 1 is 1.33 bits per heavy atom. The predicted molar refractivity (Wildman–Crippen MR) is 54.3 cm³/mol. The molecular formula is C11H15F2NO. The molecule has 0 heterocycles. The quantitative estimate of drug-likeness (QED) is 0.810. The molecule has 0 bridgehead atoms. The Kier molecular flexibility index (Phi) is 3.77. The van der Waals surface area contributed by atoms with Crippen LogP contribution in [0.25, 0.3) is 0 Å². The molecule has 3 N–H and O–H groups in total. The molecule has 2 nitrogen and oxygen atoms in total. The predicted octanol–water partition coefficient (Wildman–Crippen LogP) is 2.04. The average molecular weight is 215 g/mol. The Balaban J connectivity index is 3.10. The zero-order valence-electron chi connectivity index (χ0n) is 8.80. The van der Waals surface area contributed by atoms with Crippen LogP contribution in [0.4, 0.5) is 8.78 Å². The summed E-state index contributed by atoms with van der Waals surface area (Å²) < 4.78 is 26.7. The lowest BCUT2D eigenvalue weighted by atomic mass is 9.98. The van der Waals surface area contributed by atoms with Gasteiger partial charge in [0.15, 0.2) is 11.6 Å². The van der Waals surface area contributed by atoms with Crippen molar-refractivity contribution in [1.82, 2.24) is 0 Å². The van der Waals surface area contributed by atoms with E-state index in [2.05, 4.69) is 0 Å². The van der Waals surface area contributed by atoms with Crippen molar-refractivity contribution in [2.45, 2.75) is 32.4 Å². The van der Waals surface area contributed by atoms with Crippen LogP contribution in [-0.4, -0.2) is 11.2 Å². The lowest BCUT2D eigenvalue weighted by Gasteiger charge is -2.18. The van der Waals surface area contributed by atoms with Crippen molar-refractivity contribution in [3.63, 3.8) is 0 Å². The van der Waals surface area contributed by atoms with E-state index in [-0.39, 0.29) is 11.1 Å². The molecule has 15 heavy (non-hydrogen) atoms. The summed E-state index contributed by atoms with van der Waals surface area (Å²) in [6.45, 7) is 3.21. The number of hydrogen-bond donors (Lipinski definition) is 2. The summed E-state index contributed by atoms with van der Waals surface area (Å²) in [4.78, 5) is 0. The fourth-order valence-corrected chi connectivity index (χ4v) is 1.38. The van der Waals surface area contributed by atoms with Crippen molar-refractivity contribution in [3.8, 4) is 0 Å². The number of hydrogen-bond acceptors (Lipinski definition) is 2. The molecule has 0 amide bonds. The van der Waals surface area contributed by atoms with Gasteiger partial charge in [0.25, 0.3) is 0 Å². The fraction of sp³-hybridized carbons (Fsp3) is 0.455. The van der Waals surface area contributed by atoms with E-state index < -0.39 is 23.8 Å². The molecule has 4 heteroatoms. The third kappa shape index (κ3) is 2.33. The Bertz CT molecular complexity index is 355. The van der Waals surface area contributed by atoms with Gasteiger partial charge < -0.3 is 10.8 Å². The van der Waals surface area contributed by atoms with Crippen molar-refractivity contribution in [2.24, 2.45) is 5.73 Å². The van der Waals surface area contributed by atoms with E-state index in [1.165, 1.54) is 19.1 Å². The number of nitrogens with two attached hydrogens (primary N) is 1. The minimum absolute atomic E-state index is 0.0208. The second kappa shape index (κ2) is 4.68. The first-order valence-electron chi connectivity index (χ1n) is 4.87. The summed E-state index contributed by atoms with van der Waals surface area (Å²) in [5, 5.41) is 9.45. The van der Waals surface area contributed by atoms with Crippen LogP contribution in [0.5, 0.6) is 0 Å². The summed E-state index contributed by atoms with van der Waals surface area (Å²) in [5.41, 5.74) is 5.86. The second-order valence-corrected chi connectivity index (χ2v) is 3.60. The highest BCUT2D eigenvalue weighted by molar-refractivity contribution is 5.28. The lowest BCUT2D eigenvalue weighted by molar-refractivity contribution is 0.138. The average Bonchev–Trinajstić information content (AvgIpc) is 2.24. The van der Waals surface area contributed by atoms with E-state index in [0.717, 1.165) is 0 Å². The molecule has 84 valence electrons. The monoisotopic (exact) mass is 215 g/mol. The zero-order valence-corrected chi connectivity index (χ0v) is 8.80. The van der Waals surface area contributed by atoms with Gasteiger partial charge in [-0.25, -0.2) is 8.78 Å². The molecule has 0 radical (unpaired) electrons. The number of aryl methyl sites for hydroxylation is 1. The molecule has 0 aromatic heterocycles. The molecule has 1 rings (SSSR count). The van der Waals surface area contributed by atoms with Gasteiger partial charge in [0, 0.05) is 5.56 Å². The maximum atomic E-state index is 13.4. The van der Waals surface area contributed by atoms with Crippen LogP contribution in [0.3, 0.4) is 0 Å². The summed E-state index contributed by atoms with van der Waals surface area (Å²) in [6.07, 6.45) is -0.461. The van der Waals surface area contributed by atoms with E-state index in [0.29, 0.717) is 6.42 Å². The van der Waals surface area contributed by atoms with Gasteiger partial charge in [-0.05, 0) is 18.9 Å². The van der Waals surface area contributed by atoms with Gasteiger partial charge in [-0.15, -0.1) is 0 Å². The lowest BCUT2D eigenvalue weighted by Crippen LogP contribution is -2.26. The van der Waals surface area contributed by atoms with Crippen LogP contribution in [0.2, 0.25) is 0 Å². The van der Waals surface area contributed by atoms with Gasteiger partial charge >= 0.3 is 0 Å². The first-order valence-corrected chi connectivity index (χ1v) is 4.87. The molecule has 0 saturated carbocycles. The Morgan fingerprint density at radius 3 is 2.47 bits per heavy atom. The van der Waals surface area contributed by atoms with Crippen LogP contribution in [0.15, 0.2) is 12.1 Å². The van der Waals surface area contributed by atoms with Gasteiger partial charge in [0.2, 0.25) is 0 Å². The highest BCUT2D eigenvalue weighted by atomic mass is 19.2. The van der Waals surface area contributed by atoms with Crippen LogP contribution in [-0.2, 0) is 0 Å². The minimum Gasteiger partial charge on any atom is -0.391 e. The molecule has 1 aromatic carbocycles. The highest BCUT2D eigenvalue weighted by Gasteiger charge is 2.21. The van der Waals surface area contributed by atoms with Crippen LogP contribution in [0.1, 0.15) is 30.5 Å². The van der Waals surface area contributed by atoms with Crippen molar-refractivity contribution in [2.75, 3.05) is 0 Å². The number of halogens is 2. The van der Waals surface area contributed by atoms with Crippen molar-refractivity contribution in [3.05, 3.63) is 34.9 Å². The minimum atomic E-state index is -0.963. The first kappa shape index (κ1) is 12.1. The van der Waals surface area contributed by atoms with Gasteiger partial charge in [0.05, 0.1) is 12.1 Å². The molecule has 0 aliphatic heterocycles. The van der Waals surface area contributed by atoms with Crippen molar-refractivity contribution < 1.29 is 13.9 Å². The first-order chi connectivity index (χ1) is 6.99. The molecule has 0 aliphatic carbocycles. The molecule has 0 fully saturated rings. The van der Waals surface area contributed by atoms with Crippen LogP contribution in [0, 0.1) is 18.6 Å². The number of aliphatic hydroxyl groups is 1. The maximum absolute atomic E-state index is 13.4. The maximum Gasteiger partial charge on any atom is 0.163 e. The van der Waals surface area contributed by atoms with Gasteiger partial charge in [-0.3, -0.25) is 0 Å². The SMILES string of the molecule is CC[C@@H](O)[C@@H](N)c1ccc(C)c(F)c1F. The summed E-state index contributed by atoms with van der Waals surface area (Å²) in [6, 6.07) is 1.98. The highest BCUT2D eigenvalue weighted by Crippen LogP contribution is 2.23. The Morgan fingerprint density at radius 2 is 1.93 bits per heavy atom. The molecule has 0 saturated heterocycles. The Labute approximate surface area is 87.7 Å². The van der Waals surface area contributed by atoms with E-state index in [9.17, 15) is 13.9 Å². The standard InChI is InChI=1S/C11H15F2NO/c1-3-8(15)11(14)7-5-4-6(2)9(12)10(7)13/h4-5,8,11,15H,3,14H2,1-2H3/t8-,11+/m1/s1. The van der Waals surface area contributed by atoms with Gasteiger partial charge in [0.1, 0.15) is 0 Å². The van der Waals surface area contributed by atoms with E-state index in [4.69, 9.17) is 5.73 Å². The Hall–Kier alpha value is -1.00. The largest absolute Gasteiger partial charge is 0.391 e. The second-order valence-electron chi connectivity index (χ2n) is 3.60. The summed E-state index contributed by atoms with van der Waals surface area (Å²) >= 11 is 0. The normalized spacial score (nSPS) is 15.1. The van der Waals surface area contributed by atoms with Crippen LogP contribution >= 0.6 is 0 Å². The third-order valence-electron chi connectivity index (χ3n) is 2.50. The molecule has 0 aliphatic rings. The molecule has 0 spiro atoms. The zero-order chi connectivity index (χ0) is 11.6. The molecule has 2 atom stereocenters.